The largest absolute Gasteiger partial charge is 0.485 e. The number of carboxylic acids is 1. The SMILES string of the molecule is O=C(O)C=Cc1ccc2c(c1)C(=O)CC1(CCCN(Cc3ccc(F)cc3)C1)O2. The second-order valence-electron chi connectivity index (χ2n) is 7.75. The first kappa shape index (κ1) is 19.3. The van der Waals surface area contributed by atoms with E-state index in [1.54, 1.807) is 30.3 Å². The molecule has 2 aromatic carbocycles. The number of carboxylic acid groups (broad SMARTS) is 1. The van der Waals surface area contributed by atoms with Crippen LogP contribution < -0.4 is 4.74 Å². The summed E-state index contributed by atoms with van der Waals surface area (Å²) in [5.74, 6) is -0.718. The van der Waals surface area contributed by atoms with E-state index in [2.05, 4.69) is 4.90 Å². The van der Waals surface area contributed by atoms with Crippen molar-refractivity contribution >= 4 is 17.8 Å². The molecule has 0 radical (unpaired) electrons. The van der Waals surface area contributed by atoms with Crippen LogP contribution in [0.2, 0.25) is 0 Å². The Labute approximate surface area is 168 Å². The number of piperidine rings is 1. The lowest BCUT2D eigenvalue weighted by atomic mass is 9.83. The summed E-state index contributed by atoms with van der Waals surface area (Å²) in [6, 6.07) is 11.7. The number of hydrogen-bond donors (Lipinski definition) is 1. The molecule has 0 aromatic heterocycles. The molecule has 0 saturated carbocycles. The van der Waals surface area contributed by atoms with Crippen molar-refractivity contribution in [2.75, 3.05) is 13.1 Å². The third kappa shape index (κ3) is 4.38. The summed E-state index contributed by atoms with van der Waals surface area (Å²) in [4.78, 5) is 25.8. The molecule has 0 amide bonds. The van der Waals surface area contributed by atoms with Gasteiger partial charge in [-0.1, -0.05) is 18.2 Å². The van der Waals surface area contributed by atoms with E-state index < -0.39 is 11.6 Å². The molecule has 5 nitrogen and oxygen atoms in total. The van der Waals surface area contributed by atoms with E-state index in [9.17, 15) is 14.0 Å². The molecule has 150 valence electrons. The van der Waals surface area contributed by atoms with Gasteiger partial charge in [-0.15, -0.1) is 0 Å². The lowest BCUT2D eigenvalue weighted by Crippen LogP contribution is -2.54. The minimum absolute atomic E-state index is 0.0143. The number of ketones is 1. The molecular formula is C23H22FNO4. The zero-order chi connectivity index (χ0) is 20.4. The van der Waals surface area contributed by atoms with Gasteiger partial charge in [0.25, 0.3) is 0 Å². The standard InChI is InChI=1S/C23H22FNO4/c24-18-6-2-17(3-7-18)14-25-11-1-10-23(15-25)13-20(26)19-12-16(5-9-22(27)28)4-8-21(19)29-23/h2-9,12H,1,10-11,13-15H2,(H,27,28). The molecule has 1 atom stereocenters. The highest BCUT2D eigenvalue weighted by atomic mass is 19.1. The predicted octanol–water partition coefficient (Wildman–Crippen LogP) is 3.92. The van der Waals surface area contributed by atoms with E-state index in [1.165, 1.54) is 18.2 Å². The van der Waals surface area contributed by atoms with Crippen LogP contribution in [0.1, 0.15) is 40.7 Å². The number of fused-ring (bicyclic) bond motifs is 1. The third-order valence-electron chi connectivity index (χ3n) is 5.47. The van der Waals surface area contributed by atoms with Crippen molar-refractivity contribution < 1.29 is 23.8 Å². The number of halogens is 1. The number of ether oxygens (including phenoxy) is 1. The molecule has 1 fully saturated rings. The number of aliphatic carboxylic acids is 1. The maximum atomic E-state index is 13.1. The molecule has 1 spiro atoms. The van der Waals surface area contributed by atoms with Crippen molar-refractivity contribution in [1.82, 2.24) is 4.90 Å². The normalized spacial score (nSPS) is 21.9. The van der Waals surface area contributed by atoms with Gasteiger partial charge in [0.2, 0.25) is 0 Å². The fourth-order valence-electron chi connectivity index (χ4n) is 4.18. The molecule has 2 aliphatic rings. The predicted molar refractivity (Wildman–Crippen MR) is 106 cm³/mol. The fraction of sp³-hybridized carbons (Fsp3) is 0.304. The first-order chi connectivity index (χ1) is 13.9. The zero-order valence-electron chi connectivity index (χ0n) is 15.9. The Morgan fingerprint density at radius 2 is 2.03 bits per heavy atom. The second kappa shape index (κ2) is 7.79. The second-order valence-corrected chi connectivity index (χ2v) is 7.75. The van der Waals surface area contributed by atoms with Crippen molar-refractivity contribution in [3.05, 3.63) is 71.0 Å². The molecule has 0 aliphatic carbocycles. The molecule has 1 saturated heterocycles. The number of likely N-dealkylation sites (tertiary alicyclic amines) is 1. The molecule has 1 N–H and O–H groups in total. The van der Waals surface area contributed by atoms with E-state index in [-0.39, 0.29) is 11.6 Å². The van der Waals surface area contributed by atoms with Gasteiger partial charge in [0.05, 0.1) is 12.0 Å². The maximum Gasteiger partial charge on any atom is 0.328 e. The van der Waals surface area contributed by atoms with Gasteiger partial charge < -0.3 is 9.84 Å². The number of carbonyl (C=O) groups excluding carboxylic acids is 1. The molecule has 2 heterocycles. The Morgan fingerprint density at radius 3 is 2.79 bits per heavy atom. The highest BCUT2D eigenvalue weighted by Crippen LogP contribution is 2.39. The fourth-order valence-corrected chi connectivity index (χ4v) is 4.18. The minimum atomic E-state index is -1.03. The van der Waals surface area contributed by atoms with Crippen LogP contribution in [0.15, 0.2) is 48.5 Å². The Hall–Kier alpha value is -2.99. The lowest BCUT2D eigenvalue weighted by molar-refractivity contribution is -0.131. The van der Waals surface area contributed by atoms with Gasteiger partial charge in [-0.25, -0.2) is 9.18 Å². The summed E-state index contributed by atoms with van der Waals surface area (Å²) in [7, 11) is 0. The first-order valence-corrected chi connectivity index (χ1v) is 9.67. The maximum absolute atomic E-state index is 13.1. The van der Waals surface area contributed by atoms with Gasteiger partial charge in [0, 0.05) is 19.2 Å². The number of carbonyl (C=O) groups is 2. The van der Waals surface area contributed by atoms with Crippen molar-refractivity contribution in [3.8, 4) is 5.75 Å². The first-order valence-electron chi connectivity index (χ1n) is 9.67. The smallest absolute Gasteiger partial charge is 0.328 e. The molecule has 6 heteroatoms. The van der Waals surface area contributed by atoms with Crippen molar-refractivity contribution in [2.45, 2.75) is 31.4 Å². The zero-order valence-corrected chi connectivity index (χ0v) is 15.9. The average Bonchev–Trinajstić information content (AvgIpc) is 2.68. The van der Waals surface area contributed by atoms with E-state index in [4.69, 9.17) is 9.84 Å². The summed E-state index contributed by atoms with van der Waals surface area (Å²) in [5, 5.41) is 8.77. The minimum Gasteiger partial charge on any atom is -0.485 e. The van der Waals surface area contributed by atoms with Crippen LogP contribution >= 0.6 is 0 Å². The Balaban J connectivity index is 1.51. The summed E-state index contributed by atoms with van der Waals surface area (Å²) in [5.41, 5.74) is 1.63. The number of nitrogens with zero attached hydrogens (tertiary/aromatic N) is 1. The lowest BCUT2D eigenvalue weighted by Gasteiger charge is -2.45. The van der Waals surface area contributed by atoms with Crippen LogP contribution in [-0.2, 0) is 11.3 Å². The summed E-state index contributed by atoms with van der Waals surface area (Å²) in [6.07, 6.45) is 4.53. The van der Waals surface area contributed by atoms with Crippen LogP contribution in [0.4, 0.5) is 4.39 Å². The molecule has 4 rings (SSSR count). The monoisotopic (exact) mass is 395 g/mol. The topological polar surface area (TPSA) is 66.8 Å². The van der Waals surface area contributed by atoms with Crippen molar-refractivity contribution in [2.24, 2.45) is 0 Å². The molecule has 0 bridgehead atoms. The highest BCUT2D eigenvalue weighted by molar-refractivity contribution is 6.01. The van der Waals surface area contributed by atoms with Crippen LogP contribution in [0.3, 0.4) is 0 Å². The number of Topliss-reactive ketones (excluding diaryl/α,β-unsaturated/α-hetero) is 1. The molecule has 2 aromatic rings. The Kier molecular flexibility index (Phi) is 5.20. The Bertz CT molecular complexity index is 969. The van der Waals surface area contributed by atoms with E-state index in [0.717, 1.165) is 31.0 Å². The average molecular weight is 395 g/mol. The van der Waals surface area contributed by atoms with Gasteiger partial charge in [0.1, 0.15) is 17.2 Å². The molecule has 29 heavy (non-hydrogen) atoms. The van der Waals surface area contributed by atoms with Crippen LogP contribution in [0, 0.1) is 5.82 Å². The van der Waals surface area contributed by atoms with E-state index in [1.807, 2.05) is 0 Å². The molecule has 2 aliphatic heterocycles. The number of rotatable bonds is 4. The van der Waals surface area contributed by atoms with Crippen LogP contribution in [-0.4, -0.2) is 40.4 Å². The third-order valence-corrected chi connectivity index (χ3v) is 5.47. The van der Waals surface area contributed by atoms with Crippen molar-refractivity contribution in [1.29, 1.82) is 0 Å². The van der Waals surface area contributed by atoms with Gasteiger partial charge in [0.15, 0.2) is 5.78 Å². The summed E-state index contributed by atoms with van der Waals surface area (Å²) in [6.45, 7) is 2.23. The summed E-state index contributed by atoms with van der Waals surface area (Å²) >= 11 is 0. The Morgan fingerprint density at radius 1 is 1.24 bits per heavy atom. The molecular weight excluding hydrogens is 373 g/mol. The summed E-state index contributed by atoms with van der Waals surface area (Å²) < 4.78 is 19.5. The van der Waals surface area contributed by atoms with Gasteiger partial charge >= 0.3 is 5.97 Å². The van der Waals surface area contributed by atoms with Gasteiger partial charge in [-0.3, -0.25) is 9.69 Å². The number of benzene rings is 2. The van der Waals surface area contributed by atoms with Gasteiger partial charge in [-0.05, 0) is 60.9 Å². The van der Waals surface area contributed by atoms with Gasteiger partial charge in [-0.2, -0.15) is 0 Å². The van der Waals surface area contributed by atoms with Crippen LogP contribution in [0.25, 0.3) is 6.08 Å². The quantitative estimate of drug-likeness (QED) is 0.795. The highest BCUT2D eigenvalue weighted by Gasteiger charge is 2.43. The van der Waals surface area contributed by atoms with E-state index >= 15 is 0 Å². The van der Waals surface area contributed by atoms with E-state index in [0.29, 0.717) is 36.4 Å². The van der Waals surface area contributed by atoms with Crippen molar-refractivity contribution in [3.63, 3.8) is 0 Å². The van der Waals surface area contributed by atoms with Crippen LogP contribution in [0.5, 0.6) is 5.75 Å². The number of hydrogen-bond acceptors (Lipinski definition) is 4. The molecule has 1 unspecified atom stereocenters.